The van der Waals surface area contributed by atoms with Gasteiger partial charge in [-0.25, -0.2) is 0 Å². The van der Waals surface area contributed by atoms with Gasteiger partial charge in [-0.2, -0.15) is 0 Å². The van der Waals surface area contributed by atoms with Crippen LogP contribution in [0.1, 0.15) is 55.2 Å². The number of benzene rings is 1. The van der Waals surface area contributed by atoms with Crippen LogP contribution in [0.25, 0.3) is 0 Å². The first-order chi connectivity index (χ1) is 14.1. The van der Waals surface area contributed by atoms with E-state index in [2.05, 4.69) is 11.4 Å². The predicted octanol–water partition coefficient (Wildman–Crippen LogP) is 4.27. The first-order valence-corrected chi connectivity index (χ1v) is 11.2. The number of hydrogen-bond donors (Lipinski definition) is 0. The molecule has 0 saturated carbocycles. The fourth-order valence-corrected chi connectivity index (χ4v) is 4.82. The van der Waals surface area contributed by atoms with Crippen LogP contribution in [0.3, 0.4) is 0 Å². The van der Waals surface area contributed by atoms with E-state index in [1.165, 1.54) is 10.4 Å². The molecule has 0 fully saturated rings. The quantitative estimate of drug-likeness (QED) is 0.648. The molecule has 1 aliphatic heterocycles. The first kappa shape index (κ1) is 21.4. The molecule has 0 radical (unpaired) electrons. The number of hydrogen-bond acceptors (Lipinski definition) is 4. The largest absolute Gasteiger partial charge is 0.497 e. The normalized spacial score (nSPS) is 15.7. The Morgan fingerprint density at radius 3 is 2.59 bits per heavy atom. The van der Waals surface area contributed by atoms with Gasteiger partial charge in [-0.05, 0) is 54.0 Å². The molecule has 2 aromatic rings. The maximum atomic E-state index is 13.3. The van der Waals surface area contributed by atoms with Gasteiger partial charge < -0.3 is 14.5 Å². The van der Waals surface area contributed by atoms with Crippen molar-refractivity contribution in [2.75, 3.05) is 26.7 Å². The van der Waals surface area contributed by atoms with Crippen LogP contribution >= 0.6 is 11.3 Å². The van der Waals surface area contributed by atoms with Gasteiger partial charge in [-0.1, -0.05) is 26.0 Å². The van der Waals surface area contributed by atoms with Gasteiger partial charge in [0, 0.05) is 24.4 Å². The average molecular weight is 415 g/mol. The number of thiophene rings is 1. The highest BCUT2D eigenvalue weighted by Crippen LogP contribution is 2.38. The van der Waals surface area contributed by atoms with E-state index in [1.807, 2.05) is 43.0 Å². The Morgan fingerprint density at radius 2 is 1.93 bits per heavy atom. The van der Waals surface area contributed by atoms with E-state index in [1.54, 1.807) is 23.3 Å². The van der Waals surface area contributed by atoms with Crippen LogP contribution in [-0.2, 0) is 16.0 Å². The highest BCUT2D eigenvalue weighted by atomic mass is 32.1. The lowest BCUT2D eigenvalue weighted by molar-refractivity contribution is -0.141. The summed E-state index contributed by atoms with van der Waals surface area (Å²) in [6.07, 6.45) is 2.99. The fourth-order valence-electron chi connectivity index (χ4n) is 3.92. The van der Waals surface area contributed by atoms with Gasteiger partial charge in [0.05, 0.1) is 19.7 Å². The standard InChI is InChI=1S/C23H30N2O3S/c1-4-6-21(26)24(13-5-2)16-22(27)25-14-11-20-19(12-15-29-20)23(25)17-7-9-18(28-3)10-8-17/h7-10,12,15,23H,4-6,11,13-14,16H2,1-3H3/t23-/m0/s1. The topological polar surface area (TPSA) is 49.9 Å². The molecule has 0 spiro atoms. The molecule has 3 rings (SSSR count). The van der Waals surface area contributed by atoms with Gasteiger partial charge in [0.25, 0.3) is 0 Å². The zero-order valence-electron chi connectivity index (χ0n) is 17.5. The Morgan fingerprint density at radius 1 is 1.17 bits per heavy atom. The van der Waals surface area contributed by atoms with Crippen molar-refractivity contribution in [3.05, 3.63) is 51.7 Å². The number of carbonyl (C=O) groups excluding carboxylic acids is 2. The number of carbonyl (C=O) groups is 2. The molecule has 0 N–H and O–H groups in total. The lowest BCUT2D eigenvalue weighted by atomic mass is 9.93. The molecule has 1 atom stereocenters. The van der Waals surface area contributed by atoms with Gasteiger partial charge in [-0.15, -0.1) is 11.3 Å². The third kappa shape index (κ3) is 4.81. The molecule has 0 saturated heterocycles. The summed E-state index contributed by atoms with van der Waals surface area (Å²) in [7, 11) is 1.65. The number of rotatable bonds is 8. The van der Waals surface area contributed by atoms with Gasteiger partial charge in [-0.3, -0.25) is 9.59 Å². The zero-order valence-corrected chi connectivity index (χ0v) is 18.3. The van der Waals surface area contributed by atoms with Gasteiger partial charge >= 0.3 is 0 Å². The first-order valence-electron chi connectivity index (χ1n) is 10.4. The van der Waals surface area contributed by atoms with Crippen LogP contribution < -0.4 is 4.74 Å². The monoisotopic (exact) mass is 414 g/mol. The molecule has 1 aromatic carbocycles. The second-order valence-corrected chi connectivity index (χ2v) is 8.38. The summed E-state index contributed by atoms with van der Waals surface area (Å²) in [5, 5.41) is 2.10. The Balaban J connectivity index is 1.87. The molecule has 2 heterocycles. The van der Waals surface area contributed by atoms with Crippen molar-refractivity contribution < 1.29 is 14.3 Å². The molecule has 29 heavy (non-hydrogen) atoms. The number of amides is 2. The third-order valence-corrected chi connectivity index (χ3v) is 6.35. The summed E-state index contributed by atoms with van der Waals surface area (Å²) in [5.41, 5.74) is 2.27. The van der Waals surface area contributed by atoms with Crippen molar-refractivity contribution in [2.45, 2.75) is 45.6 Å². The highest BCUT2D eigenvalue weighted by molar-refractivity contribution is 7.10. The van der Waals surface area contributed by atoms with Crippen LogP contribution in [-0.4, -0.2) is 48.4 Å². The number of ether oxygens (including phenoxy) is 1. The average Bonchev–Trinajstić information content (AvgIpc) is 3.21. The molecule has 5 nitrogen and oxygen atoms in total. The van der Waals surface area contributed by atoms with E-state index < -0.39 is 0 Å². The van der Waals surface area contributed by atoms with E-state index in [4.69, 9.17) is 4.74 Å². The molecule has 6 heteroatoms. The number of methoxy groups -OCH3 is 1. The Hall–Kier alpha value is -2.34. The van der Waals surface area contributed by atoms with Crippen molar-refractivity contribution in [1.29, 1.82) is 0 Å². The minimum atomic E-state index is -0.117. The fraction of sp³-hybridized carbons (Fsp3) is 0.478. The van der Waals surface area contributed by atoms with Crippen molar-refractivity contribution in [1.82, 2.24) is 9.80 Å². The molecule has 1 aromatic heterocycles. The van der Waals surface area contributed by atoms with Gasteiger partial charge in [0.15, 0.2) is 0 Å². The summed E-state index contributed by atoms with van der Waals surface area (Å²) in [4.78, 5) is 30.8. The van der Waals surface area contributed by atoms with E-state index in [0.29, 0.717) is 19.5 Å². The van der Waals surface area contributed by atoms with E-state index >= 15 is 0 Å². The Labute approximate surface area is 177 Å². The van der Waals surface area contributed by atoms with E-state index in [9.17, 15) is 9.59 Å². The van der Waals surface area contributed by atoms with Crippen molar-refractivity contribution >= 4 is 23.2 Å². The van der Waals surface area contributed by atoms with Crippen LogP contribution in [0.2, 0.25) is 0 Å². The van der Waals surface area contributed by atoms with Crippen molar-refractivity contribution in [3.63, 3.8) is 0 Å². The lowest BCUT2D eigenvalue weighted by Crippen LogP contribution is -2.46. The number of fused-ring (bicyclic) bond motifs is 1. The second-order valence-electron chi connectivity index (χ2n) is 7.38. The third-order valence-electron chi connectivity index (χ3n) is 5.35. The molecule has 1 aliphatic rings. The minimum Gasteiger partial charge on any atom is -0.497 e. The molecule has 156 valence electrons. The summed E-state index contributed by atoms with van der Waals surface area (Å²) >= 11 is 1.75. The van der Waals surface area contributed by atoms with E-state index in [-0.39, 0.29) is 24.4 Å². The second kappa shape index (κ2) is 9.92. The maximum absolute atomic E-state index is 13.3. The zero-order chi connectivity index (χ0) is 20.8. The van der Waals surface area contributed by atoms with E-state index in [0.717, 1.165) is 30.6 Å². The Bertz CT molecular complexity index is 831. The van der Waals surface area contributed by atoms with Gasteiger partial charge in [0.2, 0.25) is 11.8 Å². The summed E-state index contributed by atoms with van der Waals surface area (Å²) in [6.45, 7) is 5.47. The van der Waals surface area contributed by atoms with Crippen molar-refractivity contribution in [3.8, 4) is 5.75 Å². The SMILES string of the molecule is CCCC(=O)N(CCC)CC(=O)N1CCc2sccc2[C@@H]1c1ccc(OC)cc1. The Kier molecular flexibility index (Phi) is 7.31. The van der Waals surface area contributed by atoms with Crippen LogP contribution in [0.4, 0.5) is 0 Å². The predicted molar refractivity (Wildman–Crippen MR) is 116 cm³/mol. The molecule has 0 unspecified atom stereocenters. The molecule has 0 bridgehead atoms. The molecular weight excluding hydrogens is 384 g/mol. The molecule has 0 aliphatic carbocycles. The van der Waals surface area contributed by atoms with Crippen LogP contribution in [0.5, 0.6) is 5.75 Å². The smallest absolute Gasteiger partial charge is 0.242 e. The minimum absolute atomic E-state index is 0.0144. The summed E-state index contributed by atoms with van der Waals surface area (Å²) in [5.74, 6) is 0.879. The maximum Gasteiger partial charge on any atom is 0.242 e. The highest BCUT2D eigenvalue weighted by Gasteiger charge is 2.33. The lowest BCUT2D eigenvalue weighted by Gasteiger charge is -2.37. The molecule has 2 amide bonds. The van der Waals surface area contributed by atoms with Gasteiger partial charge in [0.1, 0.15) is 5.75 Å². The summed E-state index contributed by atoms with van der Waals surface area (Å²) in [6, 6.07) is 9.94. The van der Waals surface area contributed by atoms with Crippen LogP contribution in [0.15, 0.2) is 35.7 Å². The summed E-state index contributed by atoms with van der Waals surface area (Å²) < 4.78 is 5.29. The van der Waals surface area contributed by atoms with Crippen molar-refractivity contribution in [2.24, 2.45) is 0 Å². The number of nitrogens with zero attached hydrogens (tertiary/aromatic N) is 2. The molecular formula is C23H30N2O3S. The van der Waals surface area contributed by atoms with Crippen LogP contribution in [0, 0.1) is 0 Å².